The van der Waals surface area contributed by atoms with Crippen LogP contribution in [0.5, 0.6) is 5.75 Å². The summed E-state index contributed by atoms with van der Waals surface area (Å²) in [5, 5.41) is 10.1. The Morgan fingerprint density at radius 1 is 1.26 bits per heavy atom. The van der Waals surface area contributed by atoms with Crippen molar-refractivity contribution in [2.75, 3.05) is 26.9 Å². The number of allylic oxidation sites excluding steroid dienone is 1. The van der Waals surface area contributed by atoms with E-state index in [1.807, 2.05) is 13.0 Å². The fourth-order valence-corrected chi connectivity index (χ4v) is 6.04. The number of phenols is 1. The van der Waals surface area contributed by atoms with E-state index in [1.54, 1.807) is 19.2 Å². The number of fused-ring (bicyclic) bond motifs is 3. The number of hydrogen-bond acceptors (Lipinski definition) is 5. The number of rotatable bonds is 9. The molecule has 6 nitrogen and oxygen atoms in total. The van der Waals surface area contributed by atoms with Gasteiger partial charge in [-0.05, 0) is 67.0 Å². The van der Waals surface area contributed by atoms with E-state index >= 15 is 0 Å². The number of phenolic OH excluding ortho intramolecular Hbond substituents is 1. The molecule has 1 aromatic carbocycles. The fraction of sp³-hybridized carbons (Fsp3) is 0.556. The number of likely N-dealkylation sites (tertiary alicyclic amines) is 1. The lowest BCUT2D eigenvalue weighted by Gasteiger charge is -2.31. The van der Waals surface area contributed by atoms with Crippen LogP contribution in [-0.4, -0.2) is 54.8 Å². The quantitative estimate of drug-likeness (QED) is 0.392. The van der Waals surface area contributed by atoms with Gasteiger partial charge in [-0.15, -0.1) is 0 Å². The van der Waals surface area contributed by atoms with Crippen molar-refractivity contribution in [1.29, 1.82) is 0 Å². The molecule has 4 rings (SSSR count). The number of methoxy groups -OCH3 is 1. The number of halogens is 1. The molecule has 1 N–H and O–H groups in total. The van der Waals surface area contributed by atoms with Crippen LogP contribution >= 0.6 is 11.6 Å². The third-order valence-corrected chi connectivity index (χ3v) is 7.72. The Morgan fingerprint density at radius 2 is 2.06 bits per heavy atom. The predicted molar refractivity (Wildman–Crippen MR) is 131 cm³/mol. The molecule has 2 fully saturated rings. The maximum absolute atomic E-state index is 13.2. The van der Waals surface area contributed by atoms with Crippen LogP contribution < -0.4 is 0 Å². The van der Waals surface area contributed by atoms with Gasteiger partial charge in [-0.3, -0.25) is 14.5 Å². The highest BCUT2D eigenvalue weighted by atomic mass is 35.5. The molecule has 7 heteroatoms. The number of ether oxygens (including phenoxy) is 2. The molecule has 2 saturated heterocycles. The van der Waals surface area contributed by atoms with Gasteiger partial charge in [0.15, 0.2) is 0 Å². The van der Waals surface area contributed by atoms with Crippen molar-refractivity contribution < 1.29 is 24.2 Å². The summed E-state index contributed by atoms with van der Waals surface area (Å²) in [7, 11) is 1.67. The van der Waals surface area contributed by atoms with Crippen molar-refractivity contribution in [2.45, 2.75) is 52.1 Å². The zero-order valence-corrected chi connectivity index (χ0v) is 20.9. The Bertz CT molecular complexity index is 1020. The first-order valence-electron chi connectivity index (χ1n) is 12.2. The molecular weight excluding hydrogens is 454 g/mol. The van der Waals surface area contributed by atoms with Gasteiger partial charge in [0.25, 0.3) is 0 Å². The van der Waals surface area contributed by atoms with Gasteiger partial charge in [0.05, 0.1) is 36.2 Å². The first-order valence-corrected chi connectivity index (χ1v) is 12.6. The normalized spacial score (nSPS) is 26.9. The first kappa shape index (κ1) is 25.0. The van der Waals surface area contributed by atoms with Gasteiger partial charge in [-0.25, -0.2) is 0 Å². The minimum absolute atomic E-state index is 0.0313. The minimum atomic E-state index is -0.309. The van der Waals surface area contributed by atoms with Gasteiger partial charge in [0, 0.05) is 19.6 Å². The van der Waals surface area contributed by atoms with E-state index in [9.17, 15) is 14.7 Å². The standard InChI is InChI=1S/C27H34ClNO5/c1-4-10-29-26(31)20-12-18(14-33-3)24-21(25(20)27(29)32)15-34-23(24)9-6-16(5-2)11-17-7-8-19(30)13-22(17)28/h7-8,11,13,20-21,23,25,30H,4-6,9-10,12,14-15H2,1-3H3/b16-11+/t20-,21+,23-,25-/m1/s1. The van der Waals surface area contributed by atoms with E-state index in [-0.39, 0.29) is 41.4 Å². The van der Waals surface area contributed by atoms with Crippen molar-refractivity contribution in [1.82, 2.24) is 4.90 Å². The molecule has 0 bridgehead atoms. The molecule has 0 aromatic heterocycles. The van der Waals surface area contributed by atoms with Crippen LogP contribution in [0.3, 0.4) is 0 Å². The maximum atomic E-state index is 13.2. The molecule has 2 aliphatic heterocycles. The topological polar surface area (TPSA) is 76.1 Å². The molecule has 0 unspecified atom stereocenters. The van der Waals surface area contributed by atoms with Crippen LogP contribution in [0, 0.1) is 17.8 Å². The SMILES string of the molecule is CCCN1C(=O)[C@@H]2[C@@H](CC(COC)=C3[C@@H](CC/C(=C/c4ccc(O)cc4Cl)CC)OC[C@@H]32)C1=O. The second-order valence-electron chi connectivity index (χ2n) is 9.49. The Hall–Kier alpha value is -2.15. The van der Waals surface area contributed by atoms with Crippen molar-refractivity contribution >= 4 is 29.5 Å². The van der Waals surface area contributed by atoms with Crippen LogP contribution in [-0.2, 0) is 19.1 Å². The predicted octanol–water partition coefficient (Wildman–Crippen LogP) is 4.99. The largest absolute Gasteiger partial charge is 0.508 e. The number of benzene rings is 1. The molecule has 1 aromatic rings. The van der Waals surface area contributed by atoms with Gasteiger partial charge in [0.1, 0.15) is 5.75 Å². The van der Waals surface area contributed by atoms with E-state index in [4.69, 9.17) is 21.1 Å². The lowest BCUT2D eigenvalue weighted by molar-refractivity contribution is -0.140. The molecule has 1 aliphatic carbocycles. The number of hydrogen-bond donors (Lipinski definition) is 1. The summed E-state index contributed by atoms with van der Waals surface area (Å²) < 4.78 is 11.8. The van der Waals surface area contributed by atoms with E-state index in [0.717, 1.165) is 36.8 Å². The Balaban J connectivity index is 1.55. The summed E-state index contributed by atoms with van der Waals surface area (Å²) in [6, 6.07) is 5.01. The Labute approximate surface area is 206 Å². The molecule has 0 saturated carbocycles. The molecule has 2 heterocycles. The second kappa shape index (κ2) is 10.6. The van der Waals surface area contributed by atoms with Gasteiger partial charge in [-0.1, -0.05) is 37.1 Å². The van der Waals surface area contributed by atoms with Crippen LogP contribution in [0.1, 0.15) is 51.5 Å². The minimum Gasteiger partial charge on any atom is -0.508 e. The van der Waals surface area contributed by atoms with Gasteiger partial charge < -0.3 is 14.6 Å². The maximum Gasteiger partial charge on any atom is 0.233 e. The summed E-state index contributed by atoms with van der Waals surface area (Å²) in [5.41, 5.74) is 4.43. The smallest absolute Gasteiger partial charge is 0.233 e. The van der Waals surface area contributed by atoms with Crippen LogP contribution in [0.15, 0.2) is 34.9 Å². The Kier molecular flexibility index (Phi) is 7.80. The zero-order valence-electron chi connectivity index (χ0n) is 20.2. The molecule has 184 valence electrons. The van der Waals surface area contributed by atoms with Gasteiger partial charge in [0.2, 0.25) is 11.8 Å². The zero-order chi connectivity index (χ0) is 24.4. The van der Waals surface area contributed by atoms with E-state index in [1.165, 1.54) is 16.0 Å². The number of amides is 2. The van der Waals surface area contributed by atoms with E-state index in [0.29, 0.717) is 31.2 Å². The van der Waals surface area contributed by atoms with E-state index in [2.05, 4.69) is 13.0 Å². The molecule has 0 spiro atoms. The molecule has 2 amide bonds. The number of imide groups is 1. The third kappa shape index (κ3) is 4.68. The second-order valence-corrected chi connectivity index (χ2v) is 9.89. The summed E-state index contributed by atoms with van der Waals surface area (Å²) in [6.45, 7) is 5.53. The molecular formula is C27H34ClNO5. The molecule has 34 heavy (non-hydrogen) atoms. The van der Waals surface area contributed by atoms with Crippen molar-refractivity contribution in [3.05, 3.63) is 45.5 Å². The number of nitrogens with zero attached hydrogens (tertiary/aromatic N) is 1. The summed E-state index contributed by atoms with van der Waals surface area (Å²) in [4.78, 5) is 27.7. The average molecular weight is 488 g/mol. The van der Waals surface area contributed by atoms with Crippen molar-refractivity contribution in [2.24, 2.45) is 17.8 Å². The lowest BCUT2D eigenvalue weighted by Crippen LogP contribution is -2.35. The summed E-state index contributed by atoms with van der Waals surface area (Å²) in [6.07, 6.45) is 5.85. The Morgan fingerprint density at radius 3 is 2.74 bits per heavy atom. The lowest BCUT2D eigenvalue weighted by atomic mass is 9.69. The van der Waals surface area contributed by atoms with Gasteiger partial charge in [-0.2, -0.15) is 0 Å². The molecule has 3 aliphatic rings. The number of carbonyl (C=O) groups is 2. The van der Waals surface area contributed by atoms with Crippen molar-refractivity contribution in [3.63, 3.8) is 0 Å². The average Bonchev–Trinajstić information content (AvgIpc) is 3.33. The monoisotopic (exact) mass is 487 g/mol. The first-order chi connectivity index (χ1) is 16.4. The third-order valence-electron chi connectivity index (χ3n) is 7.39. The highest BCUT2D eigenvalue weighted by molar-refractivity contribution is 6.32. The van der Waals surface area contributed by atoms with Crippen LogP contribution in [0.25, 0.3) is 6.08 Å². The summed E-state index contributed by atoms with van der Waals surface area (Å²) >= 11 is 6.30. The van der Waals surface area contributed by atoms with Crippen molar-refractivity contribution in [3.8, 4) is 5.75 Å². The van der Waals surface area contributed by atoms with Crippen LogP contribution in [0.4, 0.5) is 0 Å². The number of carbonyl (C=O) groups excluding carboxylic acids is 2. The van der Waals surface area contributed by atoms with E-state index < -0.39 is 0 Å². The van der Waals surface area contributed by atoms with Crippen LogP contribution in [0.2, 0.25) is 5.02 Å². The fourth-order valence-electron chi connectivity index (χ4n) is 5.81. The highest BCUT2D eigenvalue weighted by Gasteiger charge is 2.56. The molecule has 4 atom stereocenters. The molecule has 0 radical (unpaired) electrons. The summed E-state index contributed by atoms with van der Waals surface area (Å²) in [5.74, 6) is -0.560. The highest BCUT2D eigenvalue weighted by Crippen LogP contribution is 2.50. The number of aromatic hydroxyl groups is 1. The van der Waals surface area contributed by atoms with Gasteiger partial charge >= 0.3 is 0 Å².